The molecule has 0 radical (unpaired) electrons. The van der Waals surface area contributed by atoms with Crippen molar-refractivity contribution in [2.75, 3.05) is 0 Å². The molecule has 1 aliphatic rings. The summed E-state index contributed by atoms with van der Waals surface area (Å²) in [5.41, 5.74) is 2.85. The van der Waals surface area contributed by atoms with Crippen LogP contribution in [0.5, 0.6) is 0 Å². The van der Waals surface area contributed by atoms with Gasteiger partial charge >= 0.3 is 0 Å². The van der Waals surface area contributed by atoms with Crippen LogP contribution in [0.25, 0.3) is 11.3 Å². The van der Waals surface area contributed by atoms with E-state index < -0.39 is 5.82 Å². The monoisotopic (exact) mass is 357 g/mol. The second-order valence-corrected chi connectivity index (χ2v) is 7.34. The Morgan fingerprint density at radius 1 is 1.16 bits per heavy atom. The van der Waals surface area contributed by atoms with Gasteiger partial charge in [0.05, 0.1) is 10.7 Å². The van der Waals surface area contributed by atoms with Gasteiger partial charge in [0.15, 0.2) is 0 Å². The number of benzene rings is 1. The van der Waals surface area contributed by atoms with E-state index in [1.165, 1.54) is 50.2 Å². The van der Waals surface area contributed by atoms with E-state index in [2.05, 4.69) is 30.1 Å². The Kier molecular flexibility index (Phi) is 6.25. The summed E-state index contributed by atoms with van der Waals surface area (Å²) in [5.74, 6) is 0.936. The third kappa shape index (κ3) is 4.70. The quantitative estimate of drug-likeness (QED) is 0.517. The lowest BCUT2D eigenvalue weighted by Crippen LogP contribution is -2.12. The van der Waals surface area contributed by atoms with Gasteiger partial charge < -0.3 is 0 Å². The molecule has 0 saturated heterocycles. The zero-order valence-corrected chi connectivity index (χ0v) is 15.5. The van der Waals surface area contributed by atoms with Crippen molar-refractivity contribution in [3.8, 4) is 11.3 Å². The molecule has 0 spiro atoms. The molecule has 3 heteroatoms. The Morgan fingerprint density at radius 3 is 2.60 bits per heavy atom. The molecule has 0 atom stereocenters. The van der Waals surface area contributed by atoms with Gasteiger partial charge in [-0.3, -0.25) is 4.98 Å². The molecule has 2 aromatic rings. The highest BCUT2D eigenvalue weighted by Gasteiger charge is 2.21. The van der Waals surface area contributed by atoms with Crippen LogP contribution in [0.15, 0.2) is 48.7 Å². The summed E-state index contributed by atoms with van der Waals surface area (Å²) in [6.07, 6.45) is 14.1. The van der Waals surface area contributed by atoms with E-state index in [0.717, 1.165) is 17.2 Å². The summed E-state index contributed by atoms with van der Waals surface area (Å²) in [6, 6.07) is 8.96. The summed E-state index contributed by atoms with van der Waals surface area (Å²) in [5, 5.41) is 0.144. The molecule has 25 heavy (non-hydrogen) atoms. The van der Waals surface area contributed by atoms with Crippen LogP contribution in [0.4, 0.5) is 4.39 Å². The highest BCUT2D eigenvalue weighted by Crippen LogP contribution is 2.36. The van der Waals surface area contributed by atoms with Crippen molar-refractivity contribution in [1.29, 1.82) is 0 Å². The Labute approximate surface area is 154 Å². The lowest BCUT2D eigenvalue weighted by atomic mass is 9.79. The Balaban J connectivity index is 1.62. The van der Waals surface area contributed by atoms with E-state index in [-0.39, 0.29) is 5.02 Å². The molecule has 1 fully saturated rings. The third-order valence-electron chi connectivity index (χ3n) is 5.11. The highest BCUT2D eigenvalue weighted by molar-refractivity contribution is 6.30. The second-order valence-electron chi connectivity index (χ2n) is 6.93. The lowest BCUT2D eigenvalue weighted by Gasteiger charge is -2.27. The van der Waals surface area contributed by atoms with Crippen molar-refractivity contribution in [2.24, 2.45) is 5.92 Å². The maximum atomic E-state index is 13.6. The zero-order valence-electron chi connectivity index (χ0n) is 14.7. The van der Waals surface area contributed by atoms with Gasteiger partial charge in [-0.15, -0.1) is 0 Å². The first kappa shape index (κ1) is 18.1. The van der Waals surface area contributed by atoms with Gasteiger partial charge in [-0.05, 0) is 67.7 Å². The smallest absolute Gasteiger partial charge is 0.142 e. The van der Waals surface area contributed by atoms with Gasteiger partial charge in [-0.25, -0.2) is 4.39 Å². The van der Waals surface area contributed by atoms with E-state index in [9.17, 15) is 4.39 Å². The Bertz CT molecular complexity index is 715. The SMILES string of the molecule is CCCC=C[C@H]1CC[C@H](c2ccc(-c3ccc(Cl)c(F)c3)nc2)CC1. The first-order chi connectivity index (χ1) is 12.2. The fourth-order valence-corrected chi connectivity index (χ4v) is 3.69. The molecule has 1 saturated carbocycles. The fourth-order valence-electron chi connectivity index (χ4n) is 3.57. The second kappa shape index (κ2) is 8.62. The predicted molar refractivity (Wildman–Crippen MR) is 103 cm³/mol. The molecule has 1 aromatic carbocycles. The number of rotatable bonds is 5. The summed E-state index contributed by atoms with van der Waals surface area (Å²) in [4.78, 5) is 4.55. The first-order valence-corrected chi connectivity index (χ1v) is 9.63. The van der Waals surface area contributed by atoms with Crippen molar-refractivity contribution in [3.05, 3.63) is 65.1 Å². The summed E-state index contributed by atoms with van der Waals surface area (Å²) < 4.78 is 13.6. The molecule has 1 aliphatic carbocycles. The van der Waals surface area contributed by atoms with Gasteiger partial charge in [0.25, 0.3) is 0 Å². The van der Waals surface area contributed by atoms with Crippen LogP contribution in [-0.2, 0) is 0 Å². The van der Waals surface area contributed by atoms with E-state index in [4.69, 9.17) is 11.6 Å². The van der Waals surface area contributed by atoms with Gasteiger partial charge in [0, 0.05) is 11.8 Å². The van der Waals surface area contributed by atoms with Gasteiger partial charge in [0.2, 0.25) is 0 Å². The molecule has 0 bridgehead atoms. The lowest BCUT2D eigenvalue weighted by molar-refractivity contribution is 0.375. The van der Waals surface area contributed by atoms with Gasteiger partial charge in [-0.1, -0.05) is 49.2 Å². The van der Waals surface area contributed by atoms with E-state index in [1.807, 2.05) is 12.3 Å². The van der Waals surface area contributed by atoms with Crippen molar-refractivity contribution in [2.45, 2.75) is 51.4 Å². The van der Waals surface area contributed by atoms with Crippen molar-refractivity contribution >= 4 is 11.6 Å². The maximum absolute atomic E-state index is 13.6. The molecule has 1 aromatic heterocycles. The number of halogens is 2. The minimum atomic E-state index is -0.403. The molecule has 132 valence electrons. The largest absolute Gasteiger partial charge is 0.256 e. The number of allylic oxidation sites excluding steroid dienone is 2. The molecule has 1 heterocycles. The van der Waals surface area contributed by atoms with E-state index in [1.54, 1.807) is 12.1 Å². The average molecular weight is 358 g/mol. The maximum Gasteiger partial charge on any atom is 0.142 e. The number of hydrogen-bond acceptors (Lipinski definition) is 1. The number of unbranched alkanes of at least 4 members (excludes halogenated alkanes) is 1. The Hall–Kier alpha value is -1.67. The van der Waals surface area contributed by atoms with Gasteiger partial charge in [0.1, 0.15) is 5.82 Å². The molecular weight excluding hydrogens is 333 g/mol. The normalized spacial score (nSPS) is 20.9. The first-order valence-electron chi connectivity index (χ1n) is 9.25. The van der Waals surface area contributed by atoms with Crippen LogP contribution in [0.2, 0.25) is 5.02 Å². The van der Waals surface area contributed by atoms with Crippen molar-refractivity contribution < 1.29 is 4.39 Å². The average Bonchev–Trinajstić information content (AvgIpc) is 2.65. The van der Waals surface area contributed by atoms with Crippen LogP contribution in [-0.4, -0.2) is 4.98 Å². The zero-order chi connectivity index (χ0) is 17.6. The standard InChI is InChI=1S/C22H25ClFN/c1-2-3-4-5-16-6-8-17(9-7-16)19-11-13-22(25-15-19)18-10-12-20(23)21(24)14-18/h4-5,10-17H,2-3,6-9H2,1H3/t16-,17-. The summed E-state index contributed by atoms with van der Waals surface area (Å²) in [7, 11) is 0. The van der Waals surface area contributed by atoms with E-state index in [0.29, 0.717) is 5.92 Å². The molecule has 1 nitrogen and oxygen atoms in total. The van der Waals surface area contributed by atoms with Crippen LogP contribution < -0.4 is 0 Å². The minimum Gasteiger partial charge on any atom is -0.256 e. The summed E-state index contributed by atoms with van der Waals surface area (Å²) >= 11 is 5.75. The number of nitrogens with zero attached hydrogens (tertiary/aromatic N) is 1. The van der Waals surface area contributed by atoms with Crippen LogP contribution in [0.1, 0.15) is 56.9 Å². The summed E-state index contributed by atoms with van der Waals surface area (Å²) in [6.45, 7) is 2.22. The number of hydrogen-bond donors (Lipinski definition) is 0. The molecule has 0 unspecified atom stereocenters. The Morgan fingerprint density at radius 2 is 1.96 bits per heavy atom. The third-order valence-corrected chi connectivity index (χ3v) is 5.42. The predicted octanol–water partition coefficient (Wildman–Crippen LogP) is 7.17. The number of aromatic nitrogens is 1. The van der Waals surface area contributed by atoms with E-state index >= 15 is 0 Å². The molecule has 0 N–H and O–H groups in total. The number of pyridine rings is 1. The van der Waals surface area contributed by atoms with Crippen LogP contribution >= 0.6 is 11.6 Å². The molecular formula is C22H25ClFN. The minimum absolute atomic E-state index is 0.144. The molecule has 3 rings (SSSR count). The van der Waals surface area contributed by atoms with Crippen LogP contribution in [0.3, 0.4) is 0 Å². The fraction of sp³-hybridized carbons (Fsp3) is 0.409. The molecule has 0 amide bonds. The highest BCUT2D eigenvalue weighted by atomic mass is 35.5. The van der Waals surface area contributed by atoms with Crippen molar-refractivity contribution in [1.82, 2.24) is 4.98 Å². The topological polar surface area (TPSA) is 12.9 Å². The van der Waals surface area contributed by atoms with Crippen molar-refractivity contribution in [3.63, 3.8) is 0 Å². The van der Waals surface area contributed by atoms with Crippen LogP contribution in [0, 0.1) is 11.7 Å². The molecule has 0 aliphatic heterocycles. The van der Waals surface area contributed by atoms with Gasteiger partial charge in [-0.2, -0.15) is 0 Å².